The third-order valence-electron chi connectivity index (χ3n) is 4.60. The molecule has 1 aromatic carbocycles. The number of benzene rings is 1. The molecule has 0 amide bonds. The van der Waals surface area contributed by atoms with Gasteiger partial charge in [0.2, 0.25) is 0 Å². The number of hydrogen-bond acceptors (Lipinski definition) is 3. The molecule has 1 N–H and O–H groups in total. The van der Waals surface area contributed by atoms with Gasteiger partial charge < -0.3 is 10.1 Å². The van der Waals surface area contributed by atoms with Gasteiger partial charge in [0, 0.05) is 19.2 Å². The Kier molecular flexibility index (Phi) is 6.22. The van der Waals surface area contributed by atoms with Gasteiger partial charge in [-0.3, -0.25) is 4.90 Å². The first-order valence-electron chi connectivity index (χ1n) is 8.16. The first kappa shape index (κ1) is 16.5. The number of nitrogens with one attached hydrogen (secondary N) is 1. The Morgan fingerprint density at radius 3 is 2.76 bits per heavy atom. The van der Waals surface area contributed by atoms with Gasteiger partial charge in [0.05, 0.1) is 6.61 Å². The minimum absolute atomic E-state index is 0.498. The van der Waals surface area contributed by atoms with Crippen LogP contribution in [-0.2, 0) is 11.3 Å². The molecule has 2 atom stereocenters. The summed E-state index contributed by atoms with van der Waals surface area (Å²) in [5.41, 5.74) is 2.78. The van der Waals surface area contributed by atoms with Crippen molar-refractivity contribution in [1.29, 1.82) is 0 Å². The zero-order valence-corrected chi connectivity index (χ0v) is 13.9. The molecule has 0 saturated carbocycles. The lowest BCUT2D eigenvalue weighted by molar-refractivity contribution is 0.0616. The van der Waals surface area contributed by atoms with Gasteiger partial charge in [0.15, 0.2) is 0 Å². The quantitative estimate of drug-likeness (QED) is 0.870. The largest absolute Gasteiger partial charge is 0.380 e. The van der Waals surface area contributed by atoms with Crippen LogP contribution in [0.5, 0.6) is 0 Å². The maximum Gasteiger partial charge on any atom is 0.0716 e. The Labute approximate surface area is 129 Å². The van der Waals surface area contributed by atoms with Gasteiger partial charge in [-0.05, 0) is 63.9 Å². The Hall–Kier alpha value is -0.900. The van der Waals surface area contributed by atoms with Crippen molar-refractivity contribution in [2.75, 3.05) is 27.2 Å². The number of piperidine rings is 1. The second-order valence-corrected chi connectivity index (χ2v) is 6.37. The minimum Gasteiger partial charge on any atom is -0.380 e. The van der Waals surface area contributed by atoms with Crippen molar-refractivity contribution in [3.8, 4) is 0 Å². The van der Waals surface area contributed by atoms with Crippen molar-refractivity contribution in [2.45, 2.75) is 45.4 Å². The highest BCUT2D eigenvalue weighted by Gasteiger charge is 2.34. The fourth-order valence-electron chi connectivity index (χ4n) is 3.70. The second kappa shape index (κ2) is 7.92. The minimum atomic E-state index is 0.498. The molecule has 0 spiro atoms. The lowest BCUT2D eigenvalue weighted by atomic mass is 9.82. The molecule has 3 heteroatoms. The van der Waals surface area contributed by atoms with Crippen LogP contribution in [-0.4, -0.2) is 38.2 Å². The predicted molar refractivity (Wildman–Crippen MR) is 88.4 cm³/mol. The molecule has 1 aromatic rings. The van der Waals surface area contributed by atoms with Crippen LogP contribution < -0.4 is 5.32 Å². The van der Waals surface area contributed by atoms with Crippen LogP contribution in [0.3, 0.4) is 0 Å². The zero-order chi connectivity index (χ0) is 15.2. The maximum absolute atomic E-state index is 5.42. The molecule has 0 aromatic heterocycles. The van der Waals surface area contributed by atoms with Crippen molar-refractivity contribution in [2.24, 2.45) is 5.92 Å². The Morgan fingerprint density at radius 1 is 1.33 bits per heavy atom. The van der Waals surface area contributed by atoms with E-state index in [0.717, 1.165) is 6.54 Å². The van der Waals surface area contributed by atoms with Gasteiger partial charge >= 0.3 is 0 Å². The van der Waals surface area contributed by atoms with Crippen LogP contribution in [0.15, 0.2) is 24.3 Å². The van der Waals surface area contributed by atoms with Gasteiger partial charge in [0.1, 0.15) is 0 Å². The van der Waals surface area contributed by atoms with Crippen LogP contribution in [0.1, 0.15) is 43.9 Å². The standard InChI is InChI=1S/C18H30N2O/c1-14(2)20-11-7-9-15(12-19-3)18(20)17-10-6-5-8-16(17)13-21-4/h5-6,8,10,14-15,18-19H,7,9,11-13H2,1-4H3. The van der Waals surface area contributed by atoms with Gasteiger partial charge in [-0.2, -0.15) is 0 Å². The number of likely N-dealkylation sites (tertiary alicyclic amines) is 1. The van der Waals surface area contributed by atoms with Crippen molar-refractivity contribution < 1.29 is 4.74 Å². The molecule has 2 rings (SSSR count). The summed E-state index contributed by atoms with van der Waals surface area (Å²) in [6.07, 6.45) is 2.60. The Morgan fingerprint density at radius 2 is 2.10 bits per heavy atom. The highest BCUT2D eigenvalue weighted by molar-refractivity contribution is 5.31. The van der Waals surface area contributed by atoms with Crippen molar-refractivity contribution in [3.05, 3.63) is 35.4 Å². The molecule has 0 bridgehead atoms. The summed E-state index contributed by atoms with van der Waals surface area (Å²) in [6.45, 7) is 7.60. The first-order valence-corrected chi connectivity index (χ1v) is 8.16. The molecule has 3 nitrogen and oxygen atoms in total. The smallest absolute Gasteiger partial charge is 0.0716 e. The highest BCUT2D eigenvalue weighted by atomic mass is 16.5. The van der Waals surface area contributed by atoms with Crippen LogP contribution >= 0.6 is 0 Å². The van der Waals surface area contributed by atoms with Crippen molar-refractivity contribution in [3.63, 3.8) is 0 Å². The second-order valence-electron chi connectivity index (χ2n) is 6.37. The van der Waals surface area contributed by atoms with E-state index in [1.165, 1.54) is 30.5 Å². The lowest BCUT2D eigenvalue weighted by Crippen LogP contribution is -2.45. The molecule has 1 saturated heterocycles. The molecule has 2 unspecified atom stereocenters. The molecule has 0 aliphatic carbocycles. The number of nitrogens with zero attached hydrogens (tertiary/aromatic N) is 1. The Balaban J connectivity index is 2.37. The summed E-state index contributed by atoms with van der Waals surface area (Å²) in [5, 5.41) is 3.39. The van der Waals surface area contributed by atoms with Gasteiger partial charge in [-0.1, -0.05) is 24.3 Å². The SMILES string of the molecule is CNCC1CCCN(C(C)C)C1c1ccccc1COC. The van der Waals surface area contributed by atoms with Crippen LogP contribution in [0, 0.1) is 5.92 Å². The van der Waals surface area contributed by atoms with E-state index in [9.17, 15) is 0 Å². The van der Waals surface area contributed by atoms with E-state index < -0.39 is 0 Å². The molecule has 1 heterocycles. The van der Waals surface area contributed by atoms with Crippen LogP contribution in [0.4, 0.5) is 0 Å². The van der Waals surface area contributed by atoms with Crippen molar-refractivity contribution >= 4 is 0 Å². The molecule has 1 aliphatic rings. The summed E-state index contributed by atoms with van der Waals surface area (Å²) in [4.78, 5) is 2.67. The number of ether oxygens (including phenoxy) is 1. The van der Waals surface area contributed by atoms with E-state index in [-0.39, 0.29) is 0 Å². The van der Waals surface area contributed by atoms with Gasteiger partial charge in [-0.25, -0.2) is 0 Å². The van der Waals surface area contributed by atoms with E-state index in [0.29, 0.717) is 24.6 Å². The average Bonchev–Trinajstić information content (AvgIpc) is 2.48. The van der Waals surface area contributed by atoms with E-state index in [1.807, 2.05) is 0 Å². The van der Waals surface area contributed by atoms with Crippen LogP contribution in [0.2, 0.25) is 0 Å². The van der Waals surface area contributed by atoms with Crippen molar-refractivity contribution in [1.82, 2.24) is 10.2 Å². The lowest BCUT2D eigenvalue weighted by Gasteiger charge is -2.44. The molecule has 118 valence electrons. The zero-order valence-electron chi connectivity index (χ0n) is 13.9. The molecular formula is C18H30N2O. The topological polar surface area (TPSA) is 24.5 Å². The third kappa shape index (κ3) is 3.85. The molecule has 21 heavy (non-hydrogen) atoms. The molecule has 0 radical (unpaired) electrons. The van der Waals surface area contributed by atoms with E-state index in [4.69, 9.17) is 4.74 Å². The highest BCUT2D eigenvalue weighted by Crippen LogP contribution is 2.38. The molecular weight excluding hydrogens is 260 g/mol. The number of rotatable bonds is 6. The summed E-state index contributed by atoms with van der Waals surface area (Å²) in [6, 6.07) is 9.86. The van der Waals surface area contributed by atoms with E-state index in [1.54, 1.807) is 7.11 Å². The fourth-order valence-corrected chi connectivity index (χ4v) is 3.70. The molecule has 1 fully saturated rings. The number of hydrogen-bond donors (Lipinski definition) is 1. The fraction of sp³-hybridized carbons (Fsp3) is 0.667. The summed E-state index contributed by atoms with van der Waals surface area (Å²) in [5.74, 6) is 0.671. The first-order chi connectivity index (χ1) is 10.2. The average molecular weight is 290 g/mol. The molecule has 1 aliphatic heterocycles. The van der Waals surface area contributed by atoms with E-state index >= 15 is 0 Å². The normalized spacial score (nSPS) is 23.7. The van der Waals surface area contributed by atoms with Gasteiger partial charge in [0.25, 0.3) is 0 Å². The Bertz CT molecular complexity index is 431. The third-order valence-corrected chi connectivity index (χ3v) is 4.60. The summed E-state index contributed by atoms with van der Waals surface area (Å²) < 4.78 is 5.42. The predicted octanol–water partition coefficient (Wildman–Crippen LogP) is 3.21. The maximum atomic E-state index is 5.42. The monoisotopic (exact) mass is 290 g/mol. The number of methoxy groups -OCH3 is 1. The van der Waals surface area contributed by atoms with Crippen LogP contribution in [0.25, 0.3) is 0 Å². The summed E-state index contributed by atoms with van der Waals surface area (Å²) in [7, 11) is 3.84. The summed E-state index contributed by atoms with van der Waals surface area (Å²) >= 11 is 0. The van der Waals surface area contributed by atoms with Gasteiger partial charge in [-0.15, -0.1) is 0 Å². The van der Waals surface area contributed by atoms with E-state index in [2.05, 4.69) is 55.4 Å².